The molecule has 1 atom stereocenters. The van der Waals surface area contributed by atoms with Crippen molar-refractivity contribution in [2.75, 3.05) is 40.0 Å². The monoisotopic (exact) mass is 368 g/mol. The summed E-state index contributed by atoms with van der Waals surface area (Å²) in [6.07, 6.45) is 0.408. The third-order valence-corrected chi connectivity index (χ3v) is 5.09. The highest BCUT2D eigenvalue weighted by molar-refractivity contribution is 5.79. The summed E-state index contributed by atoms with van der Waals surface area (Å²) in [5.41, 5.74) is 3.39. The number of rotatable bonds is 7. The smallest absolute Gasteiger partial charge is 0.224 e. The zero-order chi connectivity index (χ0) is 19.1. The van der Waals surface area contributed by atoms with Crippen LogP contribution in [0.2, 0.25) is 0 Å². The van der Waals surface area contributed by atoms with Crippen molar-refractivity contribution in [1.29, 1.82) is 0 Å². The van der Waals surface area contributed by atoms with Crippen molar-refractivity contribution in [1.82, 2.24) is 10.2 Å². The van der Waals surface area contributed by atoms with Crippen LogP contribution in [0.4, 0.5) is 0 Å². The molecule has 144 valence electrons. The lowest BCUT2D eigenvalue weighted by atomic mass is 10.0. The van der Waals surface area contributed by atoms with E-state index in [-0.39, 0.29) is 11.9 Å². The van der Waals surface area contributed by atoms with Crippen molar-refractivity contribution in [3.8, 4) is 5.75 Å². The highest BCUT2D eigenvalue weighted by Crippen LogP contribution is 2.23. The van der Waals surface area contributed by atoms with Crippen LogP contribution >= 0.6 is 0 Å². The molecule has 1 amide bonds. The minimum atomic E-state index is 0.0519. The average Bonchev–Trinajstić information content (AvgIpc) is 2.71. The van der Waals surface area contributed by atoms with Gasteiger partial charge in [0.05, 0.1) is 32.8 Å². The Balaban J connectivity index is 1.67. The first-order valence-corrected chi connectivity index (χ1v) is 9.44. The number of amides is 1. The lowest BCUT2D eigenvalue weighted by Crippen LogP contribution is -2.44. The largest absolute Gasteiger partial charge is 0.497 e. The summed E-state index contributed by atoms with van der Waals surface area (Å²) in [6.45, 7) is 5.80. The molecular weight excluding hydrogens is 340 g/mol. The van der Waals surface area contributed by atoms with Crippen molar-refractivity contribution in [3.63, 3.8) is 0 Å². The Bertz CT molecular complexity index is 739. The van der Waals surface area contributed by atoms with E-state index in [4.69, 9.17) is 9.47 Å². The molecule has 1 unspecified atom stereocenters. The third-order valence-electron chi connectivity index (χ3n) is 5.09. The fraction of sp³-hybridized carbons (Fsp3) is 0.409. The second kappa shape index (κ2) is 9.53. The van der Waals surface area contributed by atoms with Crippen molar-refractivity contribution in [2.45, 2.75) is 19.4 Å². The average molecular weight is 368 g/mol. The van der Waals surface area contributed by atoms with E-state index in [1.807, 2.05) is 43.3 Å². The molecular formula is C22H28N2O3. The van der Waals surface area contributed by atoms with Gasteiger partial charge >= 0.3 is 0 Å². The third kappa shape index (κ3) is 5.31. The van der Waals surface area contributed by atoms with E-state index in [0.29, 0.717) is 13.0 Å². The Hall–Kier alpha value is -2.37. The van der Waals surface area contributed by atoms with E-state index in [2.05, 4.69) is 22.3 Å². The molecule has 1 aliphatic rings. The highest BCUT2D eigenvalue weighted by Gasteiger charge is 2.23. The van der Waals surface area contributed by atoms with Crippen LogP contribution in [0.25, 0.3) is 0 Å². The van der Waals surface area contributed by atoms with Crippen LogP contribution in [0.3, 0.4) is 0 Å². The molecule has 27 heavy (non-hydrogen) atoms. The number of nitrogens with one attached hydrogen (secondary N) is 1. The number of hydrogen-bond donors (Lipinski definition) is 1. The van der Waals surface area contributed by atoms with Gasteiger partial charge in [-0.3, -0.25) is 9.69 Å². The molecule has 5 nitrogen and oxygen atoms in total. The lowest BCUT2D eigenvalue weighted by Gasteiger charge is -2.35. The Labute approximate surface area is 161 Å². The van der Waals surface area contributed by atoms with Gasteiger partial charge in [0.15, 0.2) is 0 Å². The number of carbonyl (C=O) groups excluding carboxylic acids is 1. The maximum atomic E-state index is 12.5. The number of methoxy groups -OCH3 is 1. The van der Waals surface area contributed by atoms with Gasteiger partial charge in [-0.1, -0.05) is 36.4 Å². The molecule has 5 heteroatoms. The molecule has 1 N–H and O–H groups in total. The Kier molecular flexibility index (Phi) is 6.85. The van der Waals surface area contributed by atoms with E-state index in [1.165, 1.54) is 5.56 Å². The van der Waals surface area contributed by atoms with Crippen LogP contribution in [0.1, 0.15) is 22.7 Å². The molecule has 2 aromatic carbocycles. The molecule has 2 aromatic rings. The van der Waals surface area contributed by atoms with Crippen LogP contribution in [0, 0.1) is 6.92 Å². The van der Waals surface area contributed by atoms with Gasteiger partial charge in [-0.15, -0.1) is 0 Å². The number of carbonyl (C=O) groups is 1. The molecule has 1 saturated heterocycles. The van der Waals surface area contributed by atoms with E-state index in [9.17, 15) is 4.79 Å². The Morgan fingerprint density at radius 3 is 2.52 bits per heavy atom. The maximum absolute atomic E-state index is 12.5. The van der Waals surface area contributed by atoms with E-state index < -0.39 is 0 Å². The first kappa shape index (κ1) is 19.4. The van der Waals surface area contributed by atoms with Gasteiger partial charge in [0, 0.05) is 19.6 Å². The summed E-state index contributed by atoms with van der Waals surface area (Å²) in [6, 6.07) is 16.2. The quantitative estimate of drug-likeness (QED) is 0.816. The Morgan fingerprint density at radius 2 is 1.85 bits per heavy atom. The minimum Gasteiger partial charge on any atom is -0.497 e. The van der Waals surface area contributed by atoms with Gasteiger partial charge in [-0.05, 0) is 35.7 Å². The van der Waals surface area contributed by atoms with Gasteiger partial charge in [0.25, 0.3) is 0 Å². The minimum absolute atomic E-state index is 0.0519. The summed E-state index contributed by atoms with van der Waals surface area (Å²) < 4.78 is 10.8. The predicted molar refractivity (Wildman–Crippen MR) is 106 cm³/mol. The summed E-state index contributed by atoms with van der Waals surface area (Å²) in [4.78, 5) is 14.9. The molecule has 0 spiro atoms. The Morgan fingerprint density at radius 1 is 1.15 bits per heavy atom. The fourth-order valence-corrected chi connectivity index (χ4v) is 3.43. The molecule has 0 aliphatic carbocycles. The number of benzene rings is 2. The molecule has 0 bridgehead atoms. The zero-order valence-electron chi connectivity index (χ0n) is 16.1. The lowest BCUT2D eigenvalue weighted by molar-refractivity contribution is -0.120. The second-order valence-corrected chi connectivity index (χ2v) is 6.84. The molecule has 0 aromatic heterocycles. The zero-order valence-corrected chi connectivity index (χ0v) is 16.1. The number of ether oxygens (including phenoxy) is 2. The normalized spacial score (nSPS) is 15.9. The summed E-state index contributed by atoms with van der Waals surface area (Å²) in [7, 11) is 1.67. The SMILES string of the molecule is COc1ccc(C(CNC(=O)Cc2ccccc2C)N2CCOCC2)cc1. The summed E-state index contributed by atoms with van der Waals surface area (Å²) >= 11 is 0. The van der Waals surface area contributed by atoms with Crippen molar-refractivity contribution >= 4 is 5.91 Å². The number of aryl methyl sites for hydroxylation is 1. The second-order valence-electron chi connectivity index (χ2n) is 6.84. The summed E-state index contributed by atoms with van der Waals surface area (Å²) in [5.74, 6) is 0.888. The molecule has 0 saturated carbocycles. The fourth-order valence-electron chi connectivity index (χ4n) is 3.43. The van der Waals surface area contributed by atoms with Crippen molar-refractivity contribution < 1.29 is 14.3 Å². The first-order valence-electron chi connectivity index (χ1n) is 9.44. The molecule has 1 heterocycles. The van der Waals surface area contributed by atoms with Gasteiger partial charge in [0.1, 0.15) is 5.75 Å². The summed E-state index contributed by atoms with van der Waals surface area (Å²) in [5, 5.41) is 3.13. The predicted octanol–water partition coefficient (Wildman–Crippen LogP) is 2.74. The van der Waals surface area contributed by atoms with Crippen LogP contribution in [0.15, 0.2) is 48.5 Å². The van der Waals surface area contributed by atoms with E-state index in [1.54, 1.807) is 7.11 Å². The molecule has 1 aliphatic heterocycles. The van der Waals surface area contributed by atoms with E-state index >= 15 is 0 Å². The highest BCUT2D eigenvalue weighted by atomic mass is 16.5. The number of hydrogen-bond acceptors (Lipinski definition) is 4. The maximum Gasteiger partial charge on any atom is 0.224 e. The van der Waals surface area contributed by atoms with Crippen molar-refractivity contribution in [3.05, 3.63) is 65.2 Å². The van der Waals surface area contributed by atoms with Gasteiger partial charge in [-0.2, -0.15) is 0 Å². The standard InChI is InChI=1S/C22H28N2O3/c1-17-5-3-4-6-19(17)15-22(25)23-16-21(24-11-13-27-14-12-24)18-7-9-20(26-2)10-8-18/h3-10,21H,11-16H2,1-2H3,(H,23,25). The van der Waals surface area contributed by atoms with Crippen LogP contribution < -0.4 is 10.1 Å². The van der Waals surface area contributed by atoms with Gasteiger partial charge in [-0.25, -0.2) is 0 Å². The topological polar surface area (TPSA) is 50.8 Å². The van der Waals surface area contributed by atoms with Gasteiger partial charge < -0.3 is 14.8 Å². The van der Waals surface area contributed by atoms with Crippen molar-refractivity contribution in [2.24, 2.45) is 0 Å². The number of nitrogens with zero attached hydrogens (tertiary/aromatic N) is 1. The van der Waals surface area contributed by atoms with Gasteiger partial charge in [0.2, 0.25) is 5.91 Å². The molecule has 3 rings (SSSR count). The number of morpholine rings is 1. The molecule has 1 fully saturated rings. The van der Waals surface area contributed by atoms with Crippen LogP contribution in [-0.2, 0) is 16.0 Å². The van der Waals surface area contributed by atoms with E-state index in [0.717, 1.165) is 43.2 Å². The van der Waals surface area contributed by atoms with Crippen LogP contribution in [0.5, 0.6) is 5.75 Å². The van der Waals surface area contributed by atoms with Crippen LogP contribution in [-0.4, -0.2) is 50.8 Å². The first-order chi connectivity index (χ1) is 13.2. The molecule has 0 radical (unpaired) electrons.